The Hall–Kier alpha value is -0.850. The van der Waals surface area contributed by atoms with Crippen molar-refractivity contribution in [1.29, 1.82) is 0 Å². The van der Waals surface area contributed by atoms with Crippen molar-refractivity contribution in [3.8, 4) is 0 Å². The monoisotopic (exact) mass is 398 g/mol. The van der Waals surface area contributed by atoms with Gasteiger partial charge in [-0.05, 0) is 0 Å². The second-order valence-electron chi connectivity index (χ2n) is 6.03. The minimum Gasteiger partial charge on any atom is -0.380 e. The summed E-state index contributed by atoms with van der Waals surface area (Å²) in [6.07, 6.45) is -9.33. The van der Waals surface area contributed by atoms with E-state index in [0.29, 0.717) is 0 Å². The SMILES string of the molecule is CC1(COCCC(F)(F)C(F)(F)C(F)(F)C(F)(F)C(F)(F)F)COC1. The summed E-state index contributed by atoms with van der Waals surface area (Å²) in [6.45, 7) is 0.363. The zero-order valence-electron chi connectivity index (χ0n) is 12.5. The van der Waals surface area contributed by atoms with Gasteiger partial charge in [0.05, 0.1) is 26.4 Å². The quantitative estimate of drug-likeness (QED) is 0.442. The average molecular weight is 398 g/mol. The molecule has 0 aliphatic carbocycles. The van der Waals surface area contributed by atoms with Gasteiger partial charge in [-0.2, -0.15) is 48.3 Å². The number of alkyl halides is 11. The summed E-state index contributed by atoms with van der Waals surface area (Å²) < 4.78 is 149. The zero-order chi connectivity index (χ0) is 19.9. The lowest BCUT2D eigenvalue weighted by molar-refractivity contribution is -0.422. The summed E-state index contributed by atoms with van der Waals surface area (Å²) >= 11 is 0. The molecule has 1 rings (SSSR count). The molecule has 1 saturated heterocycles. The normalized spacial score (nSPS) is 19.7. The van der Waals surface area contributed by atoms with Crippen LogP contribution in [0.15, 0.2) is 0 Å². The molecule has 0 aromatic rings. The Morgan fingerprint density at radius 2 is 1.28 bits per heavy atom. The first-order valence-corrected chi connectivity index (χ1v) is 6.65. The molecule has 13 heteroatoms. The van der Waals surface area contributed by atoms with Gasteiger partial charge in [0.15, 0.2) is 0 Å². The highest BCUT2D eigenvalue weighted by Gasteiger charge is 2.86. The molecular formula is C12H13F11O2. The molecule has 0 amide bonds. The summed E-state index contributed by atoms with van der Waals surface area (Å²) in [4.78, 5) is 0. The number of ether oxygens (including phenoxy) is 2. The van der Waals surface area contributed by atoms with Gasteiger partial charge in [0.25, 0.3) is 0 Å². The van der Waals surface area contributed by atoms with Crippen LogP contribution < -0.4 is 0 Å². The summed E-state index contributed by atoms with van der Waals surface area (Å²) in [7, 11) is 0. The molecule has 2 nitrogen and oxygen atoms in total. The molecule has 0 unspecified atom stereocenters. The first kappa shape index (κ1) is 22.2. The average Bonchev–Trinajstić information content (AvgIpc) is 2.39. The number of hydrogen-bond acceptors (Lipinski definition) is 2. The molecule has 0 bridgehead atoms. The predicted octanol–water partition coefficient (Wildman–Crippen LogP) is 4.53. The Kier molecular flexibility index (Phi) is 5.67. The van der Waals surface area contributed by atoms with E-state index in [-0.39, 0.29) is 19.8 Å². The van der Waals surface area contributed by atoms with Gasteiger partial charge in [0.1, 0.15) is 0 Å². The fourth-order valence-electron chi connectivity index (χ4n) is 1.81. The first-order valence-electron chi connectivity index (χ1n) is 6.65. The van der Waals surface area contributed by atoms with Gasteiger partial charge >= 0.3 is 29.9 Å². The maximum atomic E-state index is 13.3. The first-order chi connectivity index (χ1) is 10.9. The van der Waals surface area contributed by atoms with Crippen LogP contribution in [0.25, 0.3) is 0 Å². The molecule has 1 fully saturated rings. The van der Waals surface area contributed by atoms with Crippen LogP contribution in [0.4, 0.5) is 48.3 Å². The Morgan fingerprint density at radius 3 is 1.64 bits per heavy atom. The summed E-state index contributed by atoms with van der Waals surface area (Å²) in [5.41, 5.74) is -0.606. The van der Waals surface area contributed by atoms with E-state index in [1.165, 1.54) is 0 Å². The Morgan fingerprint density at radius 1 is 0.800 bits per heavy atom. The molecule has 0 saturated carbocycles. The standard InChI is InChI=1S/C12H13F11O2/c1-7(5-25-6-7)4-24-3-2-8(13,14)9(15,16)10(17,18)11(19,20)12(21,22)23/h2-6H2,1H3. The fourth-order valence-corrected chi connectivity index (χ4v) is 1.81. The Labute approximate surface area is 134 Å². The minimum atomic E-state index is -7.37. The number of rotatable bonds is 8. The molecule has 0 atom stereocenters. The third-order valence-corrected chi connectivity index (χ3v) is 3.52. The van der Waals surface area contributed by atoms with Crippen LogP contribution in [-0.2, 0) is 9.47 Å². The lowest BCUT2D eigenvalue weighted by atomic mass is 9.90. The van der Waals surface area contributed by atoms with E-state index in [2.05, 4.69) is 4.74 Å². The lowest BCUT2D eigenvalue weighted by Crippen LogP contribution is -2.66. The van der Waals surface area contributed by atoms with Crippen LogP contribution in [0.2, 0.25) is 0 Å². The van der Waals surface area contributed by atoms with Crippen molar-refractivity contribution in [2.75, 3.05) is 26.4 Å². The Bertz CT molecular complexity index is 468. The van der Waals surface area contributed by atoms with E-state index in [0.717, 1.165) is 0 Å². The molecule has 1 aliphatic rings. The molecule has 0 aromatic carbocycles. The third-order valence-electron chi connectivity index (χ3n) is 3.52. The zero-order valence-corrected chi connectivity index (χ0v) is 12.5. The molecule has 25 heavy (non-hydrogen) atoms. The van der Waals surface area contributed by atoms with E-state index in [9.17, 15) is 48.3 Å². The maximum absolute atomic E-state index is 13.3. The predicted molar refractivity (Wildman–Crippen MR) is 60.2 cm³/mol. The molecule has 0 N–H and O–H groups in total. The van der Waals surface area contributed by atoms with Crippen molar-refractivity contribution >= 4 is 0 Å². The van der Waals surface area contributed by atoms with Crippen LogP contribution in [0, 0.1) is 5.41 Å². The molecule has 1 heterocycles. The highest BCUT2D eigenvalue weighted by atomic mass is 19.4. The molecule has 0 aromatic heterocycles. The molecular weight excluding hydrogens is 385 g/mol. The van der Waals surface area contributed by atoms with Gasteiger partial charge < -0.3 is 9.47 Å². The van der Waals surface area contributed by atoms with Crippen molar-refractivity contribution < 1.29 is 57.8 Å². The van der Waals surface area contributed by atoms with Crippen LogP contribution >= 0.6 is 0 Å². The van der Waals surface area contributed by atoms with E-state index in [1.54, 1.807) is 6.92 Å². The van der Waals surface area contributed by atoms with E-state index >= 15 is 0 Å². The maximum Gasteiger partial charge on any atom is 0.460 e. The lowest BCUT2D eigenvalue weighted by Gasteiger charge is -2.38. The van der Waals surface area contributed by atoms with Crippen molar-refractivity contribution in [2.45, 2.75) is 43.2 Å². The summed E-state index contributed by atoms with van der Waals surface area (Å²) in [5, 5.41) is 0. The highest BCUT2D eigenvalue weighted by molar-refractivity contribution is 5.06. The van der Waals surface area contributed by atoms with Gasteiger partial charge in [-0.25, -0.2) is 0 Å². The molecule has 0 radical (unpaired) electrons. The smallest absolute Gasteiger partial charge is 0.380 e. The minimum absolute atomic E-state index is 0.162. The van der Waals surface area contributed by atoms with Crippen molar-refractivity contribution in [3.63, 3.8) is 0 Å². The van der Waals surface area contributed by atoms with Crippen LogP contribution in [0.5, 0.6) is 0 Å². The van der Waals surface area contributed by atoms with Crippen LogP contribution in [0.3, 0.4) is 0 Å². The second-order valence-corrected chi connectivity index (χ2v) is 6.03. The van der Waals surface area contributed by atoms with Crippen molar-refractivity contribution in [1.82, 2.24) is 0 Å². The second kappa shape index (κ2) is 6.39. The van der Waals surface area contributed by atoms with E-state index < -0.39 is 48.3 Å². The largest absolute Gasteiger partial charge is 0.460 e. The summed E-state index contributed by atoms with van der Waals surface area (Å²) in [5.74, 6) is -27.6. The molecule has 1 aliphatic heterocycles. The van der Waals surface area contributed by atoms with Gasteiger partial charge in [-0.3, -0.25) is 0 Å². The van der Waals surface area contributed by atoms with Gasteiger partial charge in [-0.1, -0.05) is 6.92 Å². The molecule has 0 spiro atoms. The number of halogens is 11. The number of hydrogen-bond donors (Lipinski definition) is 0. The van der Waals surface area contributed by atoms with Crippen LogP contribution in [-0.4, -0.2) is 56.3 Å². The fraction of sp³-hybridized carbons (Fsp3) is 1.00. The van der Waals surface area contributed by atoms with E-state index in [1.807, 2.05) is 0 Å². The van der Waals surface area contributed by atoms with Gasteiger partial charge in [0, 0.05) is 11.8 Å². The van der Waals surface area contributed by atoms with Gasteiger partial charge in [0.2, 0.25) is 0 Å². The van der Waals surface area contributed by atoms with Crippen molar-refractivity contribution in [3.05, 3.63) is 0 Å². The van der Waals surface area contributed by atoms with Crippen LogP contribution in [0.1, 0.15) is 13.3 Å². The Balaban J connectivity index is 2.82. The van der Waals surface area contributed by atoms with Crippen molar-refractivity contribution in [2.24, 2.45) is 5.41 Å². The topological polar surface area (TPSA) is 18.5 Å². The van der Waals surface area contributed by atoms with E-state index in [4.69, 9.17) is 4.74 Å². The highest BCUT2D eigenvalue weighted by Crippen LogP contribution is 2.57. The summed E-state index contributed by atoms with van der Waals surface area (Å²) in [6, 6.07) is 0. The third kappa shape index (κ3) is 3.81. The van der Waals surface area contributed by atoms with Gasteiger partial charge in [-0.15, -0.1) is 0 Å². The molecule has 150 valence electrons.